The summed E-state index contributed by atoms with van der Waals surface area (Å²) in [5, 5.41) is 0. The van der Waals surface area contributed by atoms with Crippen LogP contribution in [0.5, 0.6) is 0 Å². The molecule has 0 aromatic rings. The van der Waals surface area contributed by atoms with E-state index in [1.54, 1.807) is 0 Å². The van der Waals surface area contributed by atoms with Crippen molar-refractivity contribution >= 4 is 0 Å². The molecule has 0 unspecified atom stereocenters. The van der Waals surface area contributed by atoms with Crippen molar-refractivity contribution in [2.75, 3.05) is 13.2 Å². The Morgan fingerprint density at radius 3 is 1.71 bits per heavy atom. The maximum absolute atomic E-state index is 5.07. The zero-order valence-corrected chi connectivity index (χ0v) is 4.94. The van der Waals surface area contributed by atoms with Gasteiger partial charge in [-0.05, 0) is 19.3 Å². The molecule has 1 saturated heterocycles. The van der Waals surface area contributed by atoms with Crippen LogP contribution < -0.4 is 18.9 Å². The van der Waals surface area contributed by atoms with Crippen molar-refractivity contribution in [3.05, 3.63) is 0 Å². The molecular weight excluding hydrogens is 83.0 g/mol. The Hall–Kier alpha value is 0.557. The van der Waals surface area contributed by atoms with Gasteiger partial charge in [0, 0.05) is 13.2 Å². The molecule has 1 heterocycles. The third-order valence-electron chi connectivity index (χ3n) is 1.08. The Kier molecular flexibility index (Phi) is 5.08. The van der Waals surface area contributed by atoms with Gasteiger partial charge < -0.3 is 6.16 Å². The number of ether oxygens (including phenoxy) is 1. The van der Waals surface area contributed by atoms with Gasteiger partial charge in [0.25, 0.3) is 0 Å². The molecule has 0 aromatic heterocycles. The summed E-state index contributed by atoms with van der Waals surface area (Å²) in [4.78, 5) is 0. The summed E-state index contributed by atoms with van der Waals surface area (Å²) in [7, 11) is 0. The molecule has 38 valence electrons. The summed E-state index contributed by atoms with van der Waals surface area (Å²) in [6.07, 6.45) is 3.93. The second-order valence-corrected chi connectivity index (χ2v) is 1.67. The summed E-state index contributed by atoms with van der Waals surface area (Å²) in [6.45, 7) is 2.00. The van der Waals surface area contributed by atoms with Crippen LogP contribution in [0.15, 0.2) is 0 Å². The van der Waals surface area contributed by atoms with E-state index in [9.17, 15) is 0 Å². The van der Waals surface area contributed by atoms with Crippen molar-refractivity contribution in [3.63, 3.8) is 0 Å². The minimum atomic E-state index is 0. The third kappa shape index (κ3) is 3.17. The molecule has 0 bridgehead atoms. The van der Waals surface area contributed by atoms with Crippen LogP contribution in [0.2, 0.25) is 0 Å². The number of hydrogen-bond acceptors (Lipinski definition) is 1. The molecule has 0 N–H and O–H groups in total. The predicted molar refractivity (Wildman–Crippen MR) is 25.8 cm³/mol. The zero-order valence-electron chi connectivity index (χ0n) is 5.94. The summed E-state index contributed by atoms with van der Waals surface area (Å²) in [5.74, 6) is 0. The van der Waals surface area contributed by atoms with Gasteiger partial charge >= 0.3 is 18.9 Å². The van der Waals surface area contributed by atoms with E-state index in [0.717, 1.165) is 13.2 Å². The monoisotopic (exact) mass is 94.1 g/mol. The molecule has 0 spiro atoms. The van der Waals surface area contributed by atoms with Gasteiger partial charge in [-0.15, -0.1) is 0 Å². The van der Waals surface area contributed by atoms with Gasteiger partial charge in [-0.2, -0.15) is 0 Å². The Morgan fingerprint density at radius 2 is 1.57 bits per heavy atom. The van der Waals surface area contributed by atoms with E-state index < -0.39 is 0 Å². The zero-order chi connectivity index (χ0) is 4.24. The van der Waals surface area contributed by atoms with Crippen molar-refractivity contribution < 1.29 is 25.0 Å². The molecule has 2 heteroatoms. The fourth-order valence-electron chi connectivity index (χ4n) is 0.687. The van der Waals surface area contributed by atoms with Crippen molar-refractivity contribution in [2.45, 2.75) is 19.3 Å². The molecule has 1 rings (SSSR count). The molecule has 0 amide bonds. The fourth-order valence-corrected chi connectivity index (χ4v) is 0.687. The molecule has 1 nitrogen and oxygen atoms in total. The average Bonchev–Trinajstić information content (AvgIpc) is 1.72. The van der Waals surface area contributed by atoms with Crippen LogP contribution in [0.3, 0.4) is 0 Å². The summed E-state index contributed by atoms with van der Waals surface area (Å²) >= 11 is 0. The summed E-state index contributed by atoms with van der Waals surface area (Å²) < 4.78 is 5.07. The van der Waals surface area contributed by atoms with Crippen molar-refractivity contribution in [1.82, 2.24) is 0 Å². The quantitative estimate of drug-likeness (QED) is 0.325. The molecule has 0 radical (unpaired) electrons. The largest absolute Gasteiger partial charge is 1.00 e. The molecule has 0 atom stereocenters. The molecule has 0 aromatic carbocycles. The molecular formula is C5H11LiO. The first-order valence-corrected chi connectivity index (χ1v) is 2.58. The minimum absolute atomic E-state index is 0. The molecule has 7 heavy (non-hydrogen) atoms. The number of rotatable bonds is 0. The Bertz CT molecular complexity index is 27.9. The van der Waals surface area contributed by atoms with Crippen LogP contribution >= 0.6 is 0 Å². The van der Waals surface area contributed by atoms with E-state index in [0.29, 0.717) is 0 Å². The van der Waals surface area contributed by atoms with Gasteiger partial charge in [0.2, 0.25) is 0 Å². The topological polar surface area (TPSA) is 9.23 Å². The van der Waals surface area contributed by atoms with Gasteiger partial charge in [0.15, 0.2) is 0 Å². The maximum Gasteiger partial charge on any atom is 1.00 e. The second kappa shape index (κ2) is 4.71. The standard InChI is InChI=1S/C5H10O.Li.H/c1-2-4-6-5-3-1;;/h1-5H2;;/q;+1;-1. The van der Waals surface area contributed by atoms with Gasteiger partial charge in [0.05, 0.1) is 0 Å². The minimum Gasteiger partial charge on any atom is -1.00 e. The third-order valence-corrected chi connectivity index (χ3v) is 1.08. The van der Waals surface area contributed by atoms with E-state index >= 15 is 0 Å². The van der Waals surface area contributed by atoms with E-state index in [-0.39, 0.29) is 20.3 Å². The van der Waals surface area contributed by atoms with E-state index in [1.165, 1.54) is 19.3 Å². The maximum atomic E-state index is 5.07. The van der Waals surface area contributed by atoms with Crippen LogP contribution in [-0.2, 0) is 4.74 Å². The van der Waals surface area contributed by atoms with E-state index in [4.69, 9.17) is 4.74 Å². The first-order chi connectivity index (χ1) is 3.00. The predicted octanol–water partition coefficient (Wildman–Crippen LogP) is -1.70. The molecule has 1 aliphatic heterocycles. The van der Waals surface area contributed by atoms with Crippen LogP contribution in [0.1, 0.15) is 20.7 Å². The van der Waals surface area contributed by atoms with Crippen LogP contribution in [0.4, 0.5) is 0 Å². The van der Waals surface area contributed by atoms with Crippen LogP contribution in [0.25, 0.3) is 0 Å². The summed E-state index contributed by atoms with van der Waals surface area (Å²) in [5.41, 5.74) is 0. The van der Waals surface area contributed by atoms with Crippen molar-refractivity contribution in [2.24, 2.45) is 0 Å². The fraction of sp³-hybridized carbons (Fsp3) is 1.00. The molecule has 0 saturated carbocycles. The second-order valence-electron chi connectivity index (χ2n) is 1.67. The SMILES string of the molecule is C1CCOCC1.[H-].[Li+]. The van der Waals surface area contributed by atoms with Gasteiger partial charge in [-0.3, -0.25) is 0 Å². The van der Waals surface area contributed by atoms with Gasteiger partial charge in [-0.25, -0.2) is 0 Å². The molecule has 0 aliphatic carbocycles. The van der Waals surface area contributed by atoms with E-state index in [1.807, 2.05) is 0 Å². The summed E-state index contributed by atoms with van der Waals surface area (Å²) in [6, 6.07) is 0. The first-order valence-electron chi connectivity index (χ1n) is 2.58. The Labute approximate surface area is 58.1 Å². The Morgan fingerprint density at radius 1 is 1.00 bits per heavy atom. The first kappa shape index (κ1) is 7.56. The van der Waals surface area contributed by atoms with Gasteiger partial charge in [-0.1, -0.05) is 0 Å². The van der Waals surface area contributed by atoms with Crippen LogP contribution in [-0.4, -0.2) is 13.2 Å². The molecule has 1 aliphatic rings. The Balaban J connectivity index is 0. The van der Waals surface area contributed by atoms with E-state index in [2.05, 4.69) is 0 Å². The van der Waals surface area contributed by atoms with Crippen molar-refractivity contribution in [1.29, 1.82) is 0 Å². The smallest absolute Gasteiger partial charge is 1.00 e. The number of hydrogen-bond donors (Lipinski definition) is 0. The van der Waals surface area contributed by atoms with Crippen molar-refractivity contribution in [3.8, 4) is 0 Å². The molecule has 1 fully saturated rings. The average molecular weight is 94.1 g/mol. The van der Waals surface area contributed by atoms with Gasteiger partial charge in [0.1, 0.15) is 0 Å². The van der Waals surface area contributed by atoms with Crippen LogP contribution in [0, 0.1) is 0 Å². The normalized spacial score (nSPS) is 20.6.